The van der Waals surface area contributed by atoms with Crippen LogP contribution in [-0.4, -0.2) is 5.97 Å². The monoisotopic (exact) mass is 461 g/mol. The maximum atomic E-state index is 12.1. The van der Waals surface area contributed by atoms with Crippen molar-refractivity contribution < 1.29 is 9.53 Å². The lowest BCUT2D eigenvalue weighted by atomic mass is 10.2. The predicted octanol–water partition coefficient (Wildman–Crippen LogP) is 4.91. The molecule has 0 aliphatic heterocycles. The van der Waals surface area contributed by atoms with Crippen LogP contribution in [0.4, 0.5) is 5.69 Å². The number of hydrogen-bond donors (Lipinski definition) is 1. The van der Waals surface area contributed by atoms with Crippen LogP contribution in [0.15, 0.2) is 49.8 Å². The van der Waals surface area contributed by atoms with Crippen LogP contribution in [0.1, 0.15) is 15.9 Å². The molecular formula is C14H10Br3NO2. The lowest BCUT2D eigenvalue weighted by Crippen LogP contribution is -2.09. The van der Waals surface area contributed by atoms with Crippen LogP contribution >= 0.6 is 47.8 Å². The van der Waals surface area contributed by atoms with E-state index in [-0.39, 0.29) is 6.61 Å². The second-order valence-corrected chi connectivity index (χ2v) is 6.74. The van der Waals surface area contributed by atoms with Gasteiger partial charge in [-0.25, -0.2) is 4.79 Å². The fourth-order valence-corrected chi connectivity index (χ4v) is 3.05. The van der Waals surface area contributed by atoms with Gasteiger partial charge in [0.2, 0.25) is 0 Å². The zero-order valence-electron chi connectivity index (χ0n) is 10.2. The Kier molecular flexibility index (Phi) is 5.23. The van der Waals surface area contributed by atoms with Crippen LogP contribution < -0.4 is 5.73 Å². The summed E-state index contributed by atoms with van der Waals surface area (Å²) in [7, 11) is 0. The fourth-order valence-electron chi connectivity index (χ4n) is 1.56. The van der Waals surface area contributed by atoms with Gasteiger partial charge in [-0.1, -0.05) is 44.0 Å². The van der Waals surface area contributed by atoms with Gasteiger partial charge in [-0.3, -0.25) is 0 Å². The third kappa shape index (κ3) is 3.84. The van der Waals surface area contributed by atoms with E-state index in [1.807, 2.05) is 24.3 Å². The molecule has 0 aliphatic carbocycles. The molecule has 0 aliphatic rings. The van der Waals surface area contributed by atoms with Crippen molar-refractivity contribution in [2.75, 3.05) is 5.73 Å². The first kappa shape index (κ1) is 15.5. The van der Waals surface area contributed by atoms with Crippen LogP contribution in [0.5, 0.6) is 0 Å². The van der Waals surface area contributed by atoms with Crippen molar-refractivity contribution in [1.29, 1.82) is 0 Å². The first-order valence-electron chi connectivity index (χ1n) is 5.63. The van der Waals surface area contributed by atoms with E-state index in [0.29, 0.717) is 15.7 Å². The molecular weight excluding hydrogens is 454 g/mol. The molecule has 104 valence electrons. The molecule has 0 bridgehead atoms. The van der Waals surface area contributed by atoms with Crippen molar-refractivity contribution >= 4 is 59.4 Å². The number of carbonyl (C=O) groups is 1. The van der Waals surface area contributed by atoms with Crippen molar-refractivity contribution in [2.45, 2.75) is 6.61 Å². The van der Waals surface area contributed by atoms with Crippen molar-refractivity contribution in [3.63, 3.8) is 0 Å². The molecule has 2 aromatic carbocycles. The Labute approximate surface area is 141 Å². The van der Waals surface area contributed by atoms with E-state index in [0.717, 1.165) is 14.5 Å². The lowest BCUT2D eigenvalue weighted by Gasteiger charge is -2.09. The summed E-state index contributed by atoms with van der Waals surface area (Å²) >= 11 is 9.98. The molecule has 0 atom stereocenters. The van der Waals surface area contributed by atoms with Crippen LogP contribution in [0.3, 0.4) is 0 Å². The number of ether oxygens (including phenoxy) is 1. The predicted molar refractivity (Wildman–Crippen MR) is 89.5 cm³/mol. The number of hydrogen-bond acceptors (Lipinski definition) is 3. The Balaban J connectivity index is 2.11. The van der Waals surface area contributed by atoms with Crippen molar-refractivity contribution in [3.05, 3.63) is 60.9 Å². The van der Waals surface area contributed by atoms with Gasteiger partial charge < -0.3 is 10.5 Å². The molecule has 0 aromatic heterocycles. The largest absolute Gasteiger partial charge is 0.457 e. The molecule has 0 unspecified atom stereocenters. The summed E-state index contributed by atoms with van der Waals surface area (Å²) in [6, 6.07) is 11.0. The van der Waals surface area contributed by atoms with Crippen LogP contribution in [0, 0.1) is 0 Å². The van der Waals surface area contributed by atoms with E-state index in [4.69, 9.17) is 10.5 Å². The third-order valence-corrected chi connectivity index (χ3v) is 4.24. The summed E-state index contributed by atoms with van der Waals surface area (Å²) in [4.78, 5) is 12.1. The van der Waals surface area contributed by atoms with E-state index < -0.39 is 5.97 Å². The Hall–Kier alpha value is -0.850. The molecule has 2 rings (SSSR count). The Bertz CT molecular complexity index is 642. The van der Waals surface area contributed by atoms with Crippen LogP contribution in [-0.2, 0) is 11.3 Å². The normalized spacial score (nSPS) is 10.3. The first-order valence-corrected chi connectivity index (χ1v) is 8.01. The number of halogens is 3. The molecule has 0 amide bonds. The smallest absolute Gasteiger partial charge is 0.340 e. The number of nitrogens with two attached hydrogens (primary N) is 1. The van der Waals surface area contributed by atoms with Gasteiger partial charge in [-0.15, -0.1) is 0 Å². The van der Waals surface area contributed by atoms with Gasteiger partial charge in [0.25, 0.3) is 0 Å². The lowest BCUT2D eigenvalue weighted by molar-refractivity contribution is 0.0474. The molecule has 0 spiro atoms. The van der Waals surface area contributed by atoms with E-state index >= 15 is 0 Å². The molecule has 0 saturated carbocycles. The number of esters is 1. The molecule has 6 heteroatoms. The summed E-state index contributed by atoms with van der Waals surface area (Å²) in [5, 5.41) is 0. The van der Waals surface area contributed by atoms with Crippen molar-refractivity contribution in [2.24, 2.45) is 0 Å². The van der Waals surface area contributed by atoms with Gasteiger partial charge in [0, 0.05) is 13.4 Å². The van der Waals surface area contributed by atoms with Gasteiger partial charge in [-0.2, -0.15) is 0 Å². The quantitative estimate of drug-likeness (QED) is 0.519. The number of anilines is 1. The van der Waals surface area contributed by atoms with E-state index in [1.165, 1.54) is 0 Å². The average molecular weight is 464 g/mol. The summed E-state index contributed by atoms with van der Waals surface area (Å²) < 4.78 is 7.66. The maximum absolute atomic E-state index is 12.1. The summed E-state index contributed by atoms with van der Waals surface area (Å²) in [5.41, 5.74) is 7.48. The number of carbonyl (C=O) groups excluding carboxylic acids is 1. The maximum Gasteiger partial charge on any atom is 0.340 e. The summed E-state index contributed by atoms with van der Waals surface area (Å²) in [6.45, 7) is 0.204. The molecule has 0 saturated heterocycles. The van der Waals surface area contributed by atoms with E-state index in [9.17, 15) is 4.79 Å². The minimum absolute atomic E-state index is 0.204. The topological polar surface area (TPSA) is 52.3 Å². The van der Waals surface area contributed by atoms with Gasteiger partial charge >= 0.3 is 5.97 Å². The van der Waals surface area contributed by atoms with Gasteiger partial charge in [0.1, 0.15) is 6.61 Å². The zero-order valence-corrected chi connectivity index (χ0v) is 15.0. The highest BCUT2D eigenvalue weighted by molar-refractivity contribution is 9.11. The molecule has 20 heavy (non-hydrogen) atoms. The average Bonchev–Trinajstić information content (AvgIpc) is 2.42. The molecule has 0 fully saturated rings. The zero-order chi connectivity index (χ0) is 14.7. The molecule has 2 aromatic rings. The SMILES string of the molecule is Nc1c(Br)cc(Br)cc1C(=O)OCc1ccc(Br)cc1. The minimum Gasteiger partial charge on any atom is -0.457 e. The van der Waals surface area contributed by atoms with Gasteiger partial charge in [0.05, 0.1) is 11.3 Å². The van der Waals surface area contributed by atoms with E-state index in [1.54, 1.807) is 12.1 Å². The highest BCUT2D eigenvalue weighted by Gasteiger charge is 2.14. The summed E-state index contributed by atoms with van der Waals surface area (Å²) in [5.74, 6) is -0.451. The number of benzene rings is 2. The highest BCUT2D eigenvalue weighted by atomic mass is 79.9. The molecule has 2 N–H and O–H groups in total. The molecule has 3 nitrogen and oxygen atoms in total. The Morgan fingerprint density at radius 3 is 2.35 bits per heavy atom. The summed E-state index contributed by atoms with van der Waals surface area (Å²) in [6.07, 6.45) is 0. The second kappa shape index (κ2) is 6.74. The van der Waals surface area contributed by atoms with Crippen molar-refractivity contribution in [1.82, 2.24) is 0 Å². The third-order valence-electron chi connectivity index (χ3n) is 2.60. The Morgan fingerprint density at radius 2 is 1.70 bits per heavy atom. The van der Waals surface area contributed by atoms with Gasteiger partial charge in [-0.05, 0) is 45.8 Å². The highest BCUT2D eigenvalue weighted by Crippen LogP contribution is 2.28. The van der Waals surface area contributed by atoms with Crippen LogP contribution in [0.25, 0.3) is 0 Å². The fraction of sp³-hybridized carbons (Fsp3) is 0.0714. The molecule has 0 heterocycles. The molecule has 0 radical (unpaired) electrons. The van der Waals surface area contributed by atoms with Crippen LogP contribution in [0.2, 0.25) is 0 Å². The number of rotatable bonds is 3. The van der Waals surface area contributed by atoms with Crippen molar-refractivity contribution in [3.8, 4) is 0 Å². The standard InChI is InChI=1S/C14H10Br3NO2/c15-9-3-1-8(2-4-9)7-20-14(19)11-5-10(16)6-12(17)13(11)18/h1-6H,7,18H2. The first-order chi connectivity index (χ1) is 9.47. The Morgan fingerprint density at radius 1 is 1.05 bits per heavy atom. The van der Waals surface area contributed by atoms with E-state index in [2.05, 4.69) is 47.8 Å². The second-order valence-electron chi connectivity index (χ2n) is 4.05. The number of nitrogen functional groups attached to an aromatic ring is 1. The van der Waals surface area contributed by atoms with Gasteiger partial charge in [0.15, 0.2) is 0 Å². The minimum atomic E-state index is -0.451.